The molecule has 1 unspecified atom stereocenters. The molecule has 1 aromatic carbocycles. The highest BCUT2D eigenvalue weighted by Gasteiger charge is 2.16. The van der Waals surface area contributed by atoms with Crippen LogP contribution in [0.15, 0.2) is 35.7 Å². The number of hydrogen-bond acceptors (Lipinski definition) is 2. The van der Waals surface area contributed by atoms with E-state index in [2.05, 4.69) is 64.5 Å². The molecule has 0 saturated heterocycles. The molecular formula is C15H17ClINS. The van der Waals surface area contributed by atoms with Gasteiger partial charge in [-0.2, -0.15) is 0 Å². The van der Waals surface area contributed by atoms with Crippen LogP contribution in [0.3, 0.4) is 0 Å². The first-order valence-electron chi connectivity index (χ1n) is 6.41. The molecule has 0 amide bonds. The molecule has 1 aromatic heterocycles. The van der Waals surface area contributed by atoms with Gasteiger partial charge in [0.25, 0.3) is 0 Å². The smallest absolute Gasteiger partial charge is 0.0561 e. The zero-order valence-corrected chi connectivity index (χ0v) is 14.6. The van der Waals surface area contributed by atoms with Crippen LogP contribution in [0.4, 0.5) is 0 Å². The molecule has 0 bridgehead atoms. The molecule has 0 aliphatic heterocycles. The molecule has 0 radical (unpaired) electrons. The Labute approximate surface area is 137 Å². The van der Waals surface area contributed by atoms with Crippen molar-refractivity contribution in [2.24, 2.45) is 0 Å². The second kappa shape index (κ2) is 7.62. The van der Waals surface area contributed by atoms with Gasteiger partial charge in [-0.25, -0.2) is 0 Å². The number of halogens is 2. The summed E-state index contributed by atoms with van der Waals surface area (Å²) in [7, 11) is 0. The average Bonchev–Trinajstić information content (AvgIpc) is 2.83. The van der Waals surface area contributed by atoms with Gasteiger partial charge in [-0.1, -0.05) is 30.7 Å². The van der Waals surface area contributed by atoms with Crippen molar-refractivity contribution in [2.75, 3.05) is 6.54 Å². The molecule has 1 N–H and O–H groups in total. The third-order valence-corrected chi connectivity index (χ3v) is 5.15. The fourth-order valence-corrected chi connectivity index (χ4v) is 3.61. The number of hydrogen-bond donors (Lipinski definition) is 1. The zero-order chi connectivity index (χ0) is 13.7. The molecule has 0 saturated carbocycles. The van der Waals surface area contributed by atoms with E-state index in [1.807, 2.05) is 6.07 Å². The molecule has 4 heteroatoms. The second-order valence-electron chi connectivity index (χ2n) is 4.47. The van der Waals surface area contributed by atoms with Crippen molar-refractivity contribution in [3.8, 4) is 0 Å². The topological polar surface area (TPSA) is 12.0 Å². The minimum atomic E-state index is 0.313. The van der Waals surface area contributed by atoms with Crippen LogP contribution in [0.5, 0.6) is 0 Å². The Morgan fingerprint density at radius 2 is 2.00 bits per heavy atom. The summed E-state index contributed by atoms with van der Waals surface area (Å²) in [5.41, 5.74) is 1.35. The monoisotopic (exact) mass is 405 g/mol. The van der Waals surface area contributed by atoms with Crippen LogP contribution in [0, 0.1) is 3.57 Å². The molecule has 19 heavy (non-hydrogen) atoms. The minimum absolute atomic E-state index is 0.313. The first-order valence-corrected chi connectivity index (χ1v) is 8.75. The van der Waals surface area contributed by atoms with Crippen LogP contribution < -0.4 is 5.32 Å². The van der Waals surface area contributed by atoms with Gasteiger partial charge in [0.1, 0.15) is 0 Å². The van der Waals surface area contributed by atoms with Crippen molar-refractivity contribution >= 4 is 45.5 Å². The van der Waals surface area contributed by atoms with Crippen molar-refractivity contribution in [3.05, 3.63) is 54.7 Å². The Hall–Kier alpha value is -0.100. The van der Waals surface area contributed by atoms with E-state index >= 15 is 0 Å². The van der Waals surface area contributed by atoms with E-state index in [-0.39, 0.29) is 0 Å². The van der Waals surface area contributed by atoms with Gasteiger partial charge in [0.05, 0.1) is 5.02 Å². The van der Waals surface area contributed by atoms with Gasteiger partial charge in [0.15, 0.2) is 0 Å². The van der Waals surface area contributed by atoms with Crippen LogP contribution >= 0.6 is 45.5 Å². The van der Waals surface area contributed by atoms with Crippen molar-refractivity contribution in [1.82, 2.24) is 5.32 Å². The summed E-state index contributed by atoms with van der Waals surface area (Å²) in [6.45, 7) is 3.20. The highest BCUT2D eigenvalue weighted by atomic mass is 127. The predicted octanol–water partition coefficient (Wildman–Crippen LogP) is 5.29. The van der Waals surface area contributed by atoms with E-state index in [0.717, 1.165) is 24.4 Å². The van der Waals surface area contributed by atoms with E-state index in [0.29, 0.717) is 6.04 Å². The minimum Gasteiger partial charge on any atom is -0.309 e. The van der Waals surface area contributed by atoms with Crippen LogP contribution in [0.25, 0.3) is 0 Å². The Morgan fingerprint density at radius 3 is 2.58 bits per heavy atom. The van der Waals surface area contributed by atoms with Crippen LogP contribution in [-0.4, -0.2) is 6.54 Å². The molecule has 0 aliphatic rings. The molecular weight excluding hydrogens is 389 g/mol. The normalized spacial score (nSPS) is 12.6. The van der Waals surface area contributed by atoms with Crippen molar-refractivity contribution in [3.63, 3.8) is 0 Å². The van der Waals surface area contributed by atoms with Gasteiger partial charge < -0.3 is 5.32 Å². The Balaban J connectivity index is 2.14. The standard InChI is InChI=1S/C15H17ClINS/c1-2-8-18-14(15-13(16)7-9-19-15)10-11-3-5-12(17)6-4-11/h3-7,9,14,18H,2,8,10H2,1H3. The molecule has 2 aromatic rings. The lowest BCUT2D eigenvalue weighted by Crippen LogP contribution is -2.23. The third-order valence-electron chi connectivity index (χ3n) is 2.96. The molecule has 0 spiro atoms. The van der Waals surface area contributed by atoms with E-state index in [4.69, 9.17) is 11.6 Å². The zero-order valence-electron chi connectivity index (χ0n) is 10.8. The maximum absolute atomic E-state index is 6.27. The van der Waals surface area contributed by atoms with E-state index in [1.54, 1.807) is 11.3 Å². The SMILES string of the molecule is CCCNC(Cc1ccc(I)cc1)c1sccc1Cl. The van der Waals surface area contributed by atoms with Crippen LogP contribution in [0.2, 0.25) is 5.02 Å². The van der Waals surface area contributed by atoms with Gasteiger partial charge in [-0.05, 0) is 71.1 Å². The lowest BCUT2D eigenvalue weighted by atomic mass is 10.0. The summed E-state index contributed by atoms with van der Waals surface area (Å²) in [6, 6.07) is 11.0. The number of nitrogens with one attached hydrogen (secondary N) is 1. The van der Waals surface area contributed by atoms with Crippen molar-refractivity contribution in [2.45, 2.75) is 25.8 Å². The summed E-state index contributed by atoms with van der Waals surface area (Å²) in [5.74, 6) is 0. The number of benzene rings is 1. The maximum atomic E-state index is 6.27. The Morgan fingerprint density at radius 1 is 1.26 bits per heavy atom. The van der Waals surface area contributed by atoms with Gasteiger partial charge >= 0.3 is 0 Å². The Kier molecular flexibility index (Phi) is 6.13. The second-order valence-corrected chi connectivity index (χ2v) is 7.07. The van der Waals surface area contributed by atoms with Gasteiger partial charge in [0.2, 0.25) is 0 Å². The summed E-state index contributed by atoms with van der Waals surface area (Å²) in [5, 5.41) is 6.54. The van der Waals surface area contributed by atoms with Gasteiger partial charge in [-0.15, -0.1) is 11.3 Å². The van der Waals surface area contributed by atoms with Gasteiger partial charge in [-0.3, -0.25) is 0 Å². The molecule has 0 fully saturated rings. The number of thiophene rings is 1. The summed E-state index contributed by atoms with van der Waals surface area (Å²) in [4.78, 5) is 1.24. The quantitative estimate of drug-likeness (QED) is 0.644. The summed E-state index contributed by atoms with van der Waals surface area (Å²) in [6.07, 6.45) is 2.11. The van der Waals surface area contributed by atoms with Crippen molar-refractivity contribution < 1.29 is 0 Å². The lowest BCUT2D eigenvalue weighted by molar-refractivity contribution is 0.537. The number of rotatable bonds is 6. The molecule has 102 valence electrons. The van der Waals surface area contributed by atoms with E-state index in [9.17, 15) is 0 Å². The first kappa shape index (κ1) is 15.3. The fraction of sp³-hybridized carbons (Fsp3) is 0.333. The molecule has 2 rings (SSSR count). The fourth-order valence-electron chi connectivity index (χ4n) is 1.99. The largest absolute Gasteiger partial charge is 0.309 e. The third kappa shape index (κ3) is 4.45. The Bertz CT molecular complexity index is 509. The highest BCUT2D eigenvalue weighted by Crippen LogP contribution is 2.31. The molecule has 1 nitrogen and oxygen atoms in total. The lowest BCUT2D eigenvalue weighted by Gasteiger charge is -2.18. The van der Waals surface area contributed by atoms with Crippen LogP contribution in [-0.2, 0) is 6.42 Å². The van der Waals surface area contributed by atoms with Crippen molar-refractivity contribution in [1.29, 1.82) is 0 Å². The van der Waals surface area contributed by atoms with Crippen LogP contribution in [0.1, 0.15) is 29.8 Å². The highest BCUT2D eigenvalue weighted by molar-refractivity contribution is 14.1. The maximum Gasteiger partial charge on any atom is 0.0561 e. The molecule has 1 atom stereocenters. The molecule has 0 aliphatic carbocycles. The predicted molar refractivity (Wildman–Crippen MR) is 93.2 cm³/mol. The summed E-state index contributed by atoms with van der Waals surface area (Å²) >= 11 is 10.3. The first-order chi connectivity index (χ1) is 9.20. The van der Waals surface area contributed by atoms with E-state index < -0.39 is 0 Å². The van der Waals surface area contributed by atoms with Gasteiger partial charge in [0, 0.05) is 14.5 Å². The average molecular weight is 406 g/mol. The van der Waals surface area contributed by atoms with E-state index in [1.165, 1.54) is 14.0 Å². The summed E-state index contributed by atoms with van der Waals surface area (Å²) < 4.78 is 1.27. The molecule has 1 heterocycles.